The molecule has 0 unspecified atom stereocenters. The lowest BCUT2D eigenvalue weighted by Crippen LogP contribution is -2.33. The highest BCUT2D eigenvalue weighted by molar-refractivity contribution is 5.14. The molecule has 0 amide bonds. The molecule has 0 spiro atoms. The fourth-order valence-corrected chi connectivity index (χ4v) is 1.61. The van der Waals surface area contributed by atoms with Gasteiger partial charge in [0.1, 0.15) is 12.4 Å². The van der Waals surface area contributed by atoms with Crippen LogP contribution in [0.25, 0.3) is 0 Å². The largest absolute Gasteiger partial charge is 0.372 e. The van der Waals surface area contributed by atoms with Crippen molar-refractivity contribution >= 4 is 0 Å². The fourth-order valence-electron chi connectivity index (χ4n) is 1.61. The summed E-state index contributed by atoms with van der Waals surface area (Å²) >= 11 is 0. The molecule has 2 rings (SSSR count). The van der Waals surface area contributed by atoms with Gasteiger partial charge in [0.2, 0.25) is 0 Å². The van der Waals surface area contributed by atoms with Crippen molar-refractivity contribution in [1.82, 2.24) is 9.55 Å². The van der Waals surface area contributed by atoms with Gasteiger partial charge >= 0.3 is 0 Å². The first-order valence-electron chi connectivity index (χ1n) is 4.50. The summed E-state index contributed by atoms with van der Waals surface area (Å²) in [5.74, 6) is 0.986. The molecule has 1 aromatic rings. The third-order valence-corrected chi connectivity index (χ3v) is 2.29. The predicted octanol–water partition coefficient (Wildman–Crippen LogP) is 0.607. The van der Waals surface area contributed by atoms with E-state index in [1.165, 1.54) is 0 Å². The van der Waals surface area contributed by atoms with Gasteiger partial charge in [-0.2, -0.15) is 0 Å². The molecule has 0 saturated heterocycles. The van der Waals surface area contributed by atoms with Gasteiger partial charge in [-0.25, -0.2) is 4.98 Å². The molecule has 0 aromatic carbocycles. The average Bonchev–Trinajstić information content (AvgIpc) is 2.45. The third kappa shape index (κ3) is 1.47. The van der Waals surface area contributed by atoms with Crippen molar-refractivity contribution in [3.05, 3.63) is 17.7 Å². The zero-order valence-electron chi connectivity index (χ0n) is 8.08. The molecule has 0 bridgehead atoms. The first-order chi connectivity index (χ1) is 6.09. The second-order valence-corrected chi connectivity index (χ2v) is 3.99. The predicted molar refractivity (Wildman–Crippen MR) is 49.1 cm³/mol. The lowest BCUT2D eigenvalue weighted by Gasteiger charge is -2.24. The molecule has 0 atom stereocenters. The molecule has 2 N–H and O–H groups in total. The summed E-state index contributed by atoms with van der Waals surface area (Å²) in [6.07, 6.45) is 1.85. The number of rotatable bonds is 1. The topological polar surface area (TPSA) is 53.1 Å². The fraction of sp³-hybridized carbons (Fsp3) is 0.667. The Morgan fingerprint density at radius 3 is 3.08 bits per heavy atom. The smallest absolute Gasteiger partial charge is 0.135 e. The molecule has 0 aliphatic carbocycles. The molecule has 1 aliphatic rings. The summed E-state index contributed by atoms with van der Waals surface area (Å²) in [7, 11) is 0. The minimum absolute atomic E-state index is 0.317. The summed E-state index contributed by atoms with van der Waals surface area (Å²) in [4.78, 5) is 4.28. The van der Waals surface area contributed by atoms with E-state index in [-0.39, 0.29) is 5.54 Å². The Kier molecular flexibility index (Phi) is 1.89. The van der Waals surface area contributed by atoms with E-state index >= 15 is 0 Å². The zero-order valence-corrected chi connectivity index (χ0v) is 8.08. The highest BCUT2D eigenvalue weighted by Gasteiger charge is 2.23. The number of nitrogens with two attached hydrogens (primary N) is 1. The van der Waals surface area contributed by atoms with Gasteiger partial charge in [-0.05, 0) is 13.8 Å². The van der Waals surface area contributed by atoms with Crippen LogP contribution < -0.4 is 5.73 Å². The third-order valence-electron chi connectivity index (χ3n) is 2.29. The van der Waals surface area contributed by atoms with E-state index < -0.39 is 0 Å². The lowest BCUT2D eigenvalue weighted by molar-refractivity contribution is 0.0796. The summed E-state index contributed by atoms with van der Waals surface area (Å²) in [6, 6.07) is 0. The van der Waals surface area contributed by atoms with Crippen molar-refractivity contribution in [3.8, 4) is 0 Å². The molecule has 1 aliphatic heterocycles. The van der Waals surface area contributed by atoms with Crippen molar-refractivity contribution in [2.24, 2.45) is 5.73 Å². The summed E-state index contributed by atoms with van der Waals surface area (Å²) in [5.41, 5.74) is 6.80. The lowest BCUT2D eigenvalue weighted by atomic mass is 10.0. The Hall–Kier alpha value is -0.870. The van der Waals surface area contributed by atoms with E-state index in [1.54, 1.807) is 0 Å². The van der Waals surface area contributed by atoms with Crippen molar-refractivity contribution in [1.29, 1.82) is 0 Å². The van der Waals surface area contributed by atoms with Crippen LogP contribution in [0.5, 0.6) is 0 Å². The van der Waals surface area contributed by atoms with E-state index in [1.807, 2.05) is 20.0 Å². The van der Waals surface area contributed by atoms with Gasteiger partial charge in [0.15, 0.2) is 0 Å². The van der Waals surface area contributed by atoms with Crippen LogP contribution in [0.1, 0.15) is 25.4 Å². The maximum atomic E-state index is 6.02. The van der Waals surface area contributed by atoms with Gasteiger partial charge in [-0.1, -0.05) is 0 Å². The molecule has 1 aromatic heterocycles. The number of aromatic nitrogens is 2. The van der Waals surface area contributed by atoms with Gasteiger partial charge in [-0.15, -0.1) is 0 Å². The van der Waals surface area contributed by atoms with E-state index in [4.69, 9.17) is 10.5 Å². The van der Waals surface area contributed by atoms with Crippen LogP contribution in [-0.2, 0) is 23.4 Å². The minimum Gasteiger partial charge on any atom is -0.372 e. The second-order valence-electron chi connectivity index (χ2n) is 3.99. The molecule has 0 radical (unpaired) electrons. The van der Waals surface area contributed by atoms with E-state index in [0.717, 1.165) is 24.7 Å². The zero-order chi connectivity index (χ0) is 9.47. The highest BCUT2D eigenvalue weighted by Crippen LogP contribution is 2.20. The van der Waals surface area contributed by atoms with Crippen molar-refractivity contribution in [3.63, 3.8) is 0 Å². The van der Waals surface area contributed by atoms with Crippen LogP contribution in [0.4, 0.5) is 0 Å². The van der Waals surface area contributed by atoms with Gasteiger partial charge in [0.05, 0.1) is 24.0 Å². The maximum Gasteiger partial charge on any atom is 0.135 e. The standard InChI is InChI=1S/C9H15N3O/c1-9(2,10)7-5-11-8-6-13-4-3-12(7)8/h5H,3-4,6,10H2,1-2H3. The van der Waals surface area contributed by atoms with Gasteiger partial charge < -0.3 is 15.0 Å². The maximum absolute atomic E-state index is 6.02. The Balaban J connectivity index is 2.43. The number of imidazole rings is 1. The van der Waals surface area contributed by atoms with Gasteiger partial charge in [-0.3, -0.25) is 0 Å². The SMILES string of the molecule is CC(C)(N)c1cnc2n1CCOC2. The average molecular weight is 181 g/mol. The van der Waals surface area contributed by atoms with E-state index in [0.29, 0.717) is 6.61 Å². The molecular weight excluding hydrogens is 166 g/mol. The van der Waals surface area contributed by atoms with Crippen LogP contribution in [-0.4, -0.2) is 16.2 Å². The molecule has 4 heteroatoms. The van der Waals surface area contributed by atoms with Crippen LogP contribution in [0.2, 0.25) is 0 Å². The Bertz CT molecular complexity index is 311. The van der Waals surface area contributed by atoms with Crippen LogP contribution in [0.15, 0.2) is 6.20 Å². The first kappa shape index (κ1) is 8.72. The normalized spacial score (nSPS) is 17.2. The molecule has 0 saturated carbocycles. The summed E-state index contributed by atoms with van der Waals surface area (Å²) < 4.78 is 7.45. The highest BCUT2D eigenvalue weighted by atomic mass is 16.5. The first-order valence-corrected chi connectivity index (χ1v) is 4.50. The molecule has 4 nitrogen and oxygen atoms in total. The Labute approximate surface area is 77.7 Å². The molecule has 0 fully saturated rings. The Morgan fingerprint density at radius 2 is 2.38 bits per heavy atom. The van der Waals surface area contributed by atoms with Crippen molar-refractivity contribution in [2.75, 3.05) is 6.61 Å². The van der Waals surface area contributed by atoms with Crippen LogP contribution in [0.3, 0.4) is 0 Å². The van der Waals surface area contributed by atoms with E-state index in [9.17, 15) is 0 Å². The summed E-state index contributed by atoms with van der Waals surface area (Å²) in [6.45, 7) is 6.22. The van der Waals surface area contributed by atoms with Crippen molar-refractivity contribution in [2.45, 2.75) is 32.5 Å². The molecule has 2 heterocycles. The minimum atomic E-state index is -0.317. The molecule has 13 heavy (non-hydrogen) atoms. The van der Waals surface area contributed by atoms with Crippen LogP contribution in [0, 0.1) is 0 Å². The number of nitrogens with zero attached hydrogens (tertiary/aromatic N) is 2. The number of fused-ring (bicyclic) bond motifs is 1. The number of hydrogen-bond donors (Lipinski definition) is 1. The summed E-state index contributed by atoms with van der Waals surface area (Å²) in [5, 5.41) is 0. The van der Waals surface area contributed by atoms with E-state index in [2.05, 4.69) is 9.55 Å². The van der Waals surface area contributed by atoms with Gasteiger partial charge in [0, 0.05) is 6.54 Å². The molecular formula is C9H15N3O. The monoisotopic (exact) mass is 181 g/mol. The molecule has 72 valence electrons. The van der Waals surface area contributed by atoms with Gasteiger partial charge in [0.25, 0.3) is 0 Å². The van der Waals surface area contributed by atoms with Crippen molar-refractivity contribution < 1.29 is 4.74 Å². The Morgan fingerprint density at radius 1 is 1.62 bits per heavy atom. The number of ether oxygens (including phenoxy) is 1. The second kappa shape index (κ2) is 2.82. The number of hydrogen-bond acceptors (Lipinski definition) is 3. The quantitative estimate of drug-likeness (QED) is 0.690. The van der Waals surface area contributed by atoms with Crippen LogP contribution >= 0.6 is 0 Å².